The van der Waals surface area contributed by atoms with E-state index in [9.17, 15) is 9.59 Å². The molecule has 1 aliphatic carbocycles. The molecule has 21 heavy (non-hydrogen) atoms. The fourth-order valence-corrected chi connectivity index (χ4v) is 3.28. The maximum absolute atomic E-state index is 12.6. The van der Waals surface area contributed by atoms with Crippen LogP contribution in [-0.2, 0) is 16.0 Å². The first-order valence-corrected chi connectivity index (χ1v) is 7.91. The molecular formula is C18H21NO2. The molecule has 3 heteroatoms. The minimum atomic E-state index is -0.0846. The molecule has 110 valence electrons. The minimum Gasteiger partial charge on any atom is -0.275 e. The van der Waals surface area contributed by atoms with Gasteiger partial charge < -0.3 is 0 Å². The lowest BCUT2D eigenvalue weighted by atomic mass is 9.87. The summed E-state index contributed by atoms with van der Waals surface area (Å²) in [6.45, 7) is 2.72. The molecule has 2 aliphatic rings. The van der Waals surface area contributed by atoms with Crippen LogP contribution in [0.15, 0.2) is 29.8 Å². The first-order chi connectivity index (χ1) is 10.2. The first-order valence-electron chi connectivity index (χ1n) is 7.91. The quantitative estimate of drug-likeness (QED) is 0.614. The summed E-state index contributed by atoms with van der Waals surface area (Å²) in [4.78, 5) is 26.6. The monoisotopic (exact) mass is 283 g/mol. The summed E-state index contributed by atoms with van der Waals surface area (Å²) >= 11 is 0. The molecule has 1 aromatic carbocycles. The van der Waals surface area contributed by atoms with Gasteiger partial charge >= 0.3 is 0 Å². The molecule has 0 fully saturated rings. The fourth-order valence-electron chi connectivity index (χ4n) is 3.28. The van der Waals surface area contributed by atoms with E-state index in [1.165, 1.54) is 10.5 Å². The van der Waals surface area contributed by atoms with Crippen LogP contribution in [-0.4, -0.2) is 23.3 Å². The van der Waals surface area contributed by atoms with Crippen molar-refractivity contribution < 1.29 is 9.59 Å². The van der Waals surface area contributed by atoms with Crippen molar-refractivity contribution in [3.05, 3.63) is 41.0 Å². The van der Waals surface area contributed by atoms with Crippen molar-refractivity contribution in [2.45, 2.75) is 45.4 Å². The summed E-state index contributed by atoms with van der Waals surface area (Å²) < 4.78 is 0. The SMILES string of the molecule is CCCCCCN1C(=O)C2=C(C1=O)c1ccccc1CC2. The second-order valence-corrected chi connectivity index (χ2v) is 5.83. The van der Waals surface area contributed by atoms with Gasteiger partial charge in [-0.1, -0.05) is 50.5 Å². The number of carbonyl (C=O) groups excluding carboxylic acids is 2. The van der Waals surface area contributed by atoms with E-state index >= 15 is 0 Å². The van der Waals surface area contributed by atoms with E-state index in [4.69, 9.17) is 0 Å². The summed E-state index contributed by atoms with van der Waals surface area (Å²) in [6, 6.07) is 7.96. The van der Waals surface area contributed by atoms with Gasteiger partial charge in [0.05, 0.1) is 5.57 Å². The zero-order chi connectivity index (χ0) is 14.8. The van der Waals surface area contributed by atoms with E-state index < -0.39 is 0 Å². The highest BCUT2D eigenvalue weighted by atomic mass is 16.2. The van der Waals surface area contributed by atoms with Gasteiger partial charge in [-0.25, -0.2) is 0 Å². The van der Waals surface area contributed by atoms with Crippen LogP contribution in [0.2, 0.25) is 0 Å². The molecule has 0 saturated carbocycles. The molecule has 2 amide bonds. The smallest absolute Gasteiger partial charge is 0.261 e. The third kappa shape index (κ3) is 2.41. The molecule has 0 radical (unpaired) electrons. The van der Waals surface area contributed by atoms with Crippen LogP contribution in [0.5, 0.6) is 0 Å². The van der Waals surface area contributed by atoms with Gasteiger partial charge in [0.25, 0.3) is 11.8 Å². The molecule has 0 aromatic heterocycles. The molecule has 0 bridgehead atoms. The first kappa shape index (κ1) is 14.1. The molecule has 0 spiro atoms. The topological polar surface area (TPSA) is 37.4 Å². The second-order valence-electron chi connectivity index (χ2n) is 5.83. The van der Waals surface area contributed by atoms with Crippen LogP contribution >= 0.6 is 0 Å². The van der Waals surface area contributed by atoms with Crippen molar-refractivity contribution >= 4 is 17.4 Å². The lowest BCUT2D eigenvalue weighted by Gasteiger charge is -2.15. The third-order valence-electron chi connectivity index (χ3n) is 4.43. The number of unbranched alkanes of at least 4 members (excludes halogenated alkanes) is 3. The van der Waals surface area contributed by atoms with Crippen molar-refractivity contribution in [1.29, 1.82) is 0 Å². The zero-order valence-electron chi connectivity index (χ0n) is 12.5. The molecule has 1 aromatic rings. The number of rotatable bonds is 5. The van der Waals surface area contributed by atoms with Gasteiger partial charge in [-0.3, -0.25) is 14.5 Å². The Bertz CT molecular complexity index is 615. The van der Waals surface area contributed by atoms with E-state index in [1.807, 2.05) is 18.2 Å². The summed E-state index contributed by atoms with van der Waals surface area (Å²) in [7, 11) is 0. The number of amides is 2. The molecular weight excluding hydrogens is 262 g/mol. The lowest BCUT2D eigenvalue weighted by molar-refractivity contribution is -0.137. The Labute approximate surface area is 125 Å². The van der Waals surface area contributed by atoms with Gasteiger partial charge in [-0.2, -0.15) is 0 Å². The van der Waals surface area contributed by atoms with E-state index in [0.717, 1.165) is 43.2 Å². The largest absolute Gasteiger partial charge is 0.275 e. The van der Waals surface area contributed by atoms with Gasteiger partial charge in [0.2, 0.25) is 0 Å². The number of carbonyl (C=O) groups is 2. The number of fused-ring (bicyclic) bond motifs is 2. The Kier molecular flexibility index (Phi) is 3.91. The maximum Gasteiger partial charge on any atom is 0.261 e. The van der Waals surface area contributed by atoms with Crippen LogP contribution < -0.4 is 0 Å². The number of hydrogen-bond acceptors (Lipinski definition) is 2. The minimum absolute atomic E-state index is 0.0546. The maximum atomic E-state index is 12.6. The Balaban J connectivity index is 1.81. The van der Waals surface area contributed by atoms with E-state index in [2.05, 4.69) is 13.0 Å². The van der Waals surface area contributed by atoms with Crippen LogP contribution in [0.1, 0.15) is 50.2 Å². The molecule has 0 N–H and O–H groups in total. The normalized spacial score (nSPS) is 17.3. The summed E-state index contributed by atoms with van der Waals surface area (Å²) in [5.41, 5.74) is 3.55. The Morgan fingerprint density at radius 1 is 1.00 bits per heavy atom. The Hall–Kier alpha value is -1.90. The Morgan fingerprint density at radius 2 is 1.81 bits per heavy atom. The molecule has 0 saturated heterocycles. The van der Waals surface area contributed by atoms with Gasteiger partial charge in [-0.05, 0) is 30.4 Å². The predicted molar refractivity (Wildman–Crippen MR) is 82.5 cm³/mol. The summed E-state index contributed by atoms with van der Waals surface area (Å²) in [6.07, 6.45) is 5.86. The summed E-state index contributed by atoms with van der Waals surface area (Å²) in [5, 5.41) is 0. The zero-order valence-corrected chi connectivity index (χ0v) is 12.5. The summed E-state index contributed by atoms with van der Waals surface area (Å²) in [5.74, 6) is -0.139. The number of aryl methyl sites for hydroxylation is 1. The number of nitrogens with zero attached hydrogens (tertiary/aromatic N) is 1. The van der Waals surface area contributed by atoms with E-state index in [-0.39, 0.29) is 11.8 Å². The van der Waals surface area contributed by atoms with Crippen molar-refractivity contribution in [2.75, 3.05) is 6.54 Å². The highest BCUT2D eigenvalue weighted by Gasteiger charge is 2.40. The van der Waals surface area contributed by atoms with Gasteiger partial charge in [0.1, 0.15) is 0 Å². The fraction of sp³-hybridized carbons (Fsp3) is 0.444. The van der Waals surface area contributed by atoms with Crippen LogP contribution in [0, 0.1) is 0 Å². The molecule has 1 heterocycles. The number of benzene rings is 1. The van der Waals surface area contributed by atoms with E-state index in [1.54, 1.807) is 0 Å². The van der Waals surface area contributed by atoms with Crippen LogP contribution in [0.3, 0.4) is 0 Å². The standard InChI is InChI=1S/C18H21NO2/c1-2-3-4-7-12-19-17(20)15-11-10-13-8-5-6-9-14(13)16(15)18(19)21/h5-6,8-9H,2-4,7,10-12H2,1H3. The molecule has 3 nitrogen and oxygen atoms in total. The van der Waals surface area contributed by atoms with Gasteiger partial charge in [-0.15, -0.1) is 0 Å². The second kappa shape index (κ2) is 5.84. The van der Waals surface area contributed by atoms with Crippen molar-refractivity contribution in [3.8, 4) is 0 Å². The molecule has 0 atom stereocenters. The highest BCUT2D eigenvalue weighted by molar-refractivity contribution is 6.36. The van der Waals surface area contributed by atoms with Gasteiger partial charge in [0, 0.05) is 12.1 Å². The molecule has 1 aliphatic heterocycles. The average Bonchev–Trinajstić information content (AvgIpc) is 2.76. The number of hydrogen-bond donors (Lipinski definition) is 0. The Morgan fingerprint density at radius 3 is 2.62 bits per heavy atom. The van der Waals surface area contributed by atoms with Crippen molar-refractivity contribution in [3.63, 3.8) is 0 Å². The van der Waals surface area contributed by atoms with E-state index in [0.29, 0.717) is 18.5 Å². The predicted octanol–water partition coefficient (Wildman–Crippen LogP) is 3.34. The third-order valence-corrected chi connectivity index (χ3v) is 4.43. The lowest BCUT2D eigenvalue weighted by Crippen LogP contribution is -2.32. The molecule has 3 rings (SSSR count). The highest BCUT2D eigenvalue weighted by Crippen LogP contribution is 2.37. The van der Waals surface area contributed by atoms with Gasteiger partial charge in [0.15, 0.2) is 0 Å². The van der Waals surface area contributed by atoms with Crippen LogP contribution in [0.25, 0.3) is 5.57 Å². The molecule has 0 unspecified atom stereocenters. The van der Waals surface area contributed by atoms with Crippen molar-refractivity contribution in [1.82, 2.24) is 4.90 Å². The van der Waals surface area contributed by atoms with Crippen molar-refractivity contribution in [2.24, 2.45) is 0 Å². The average molecular weight is 283 g/mol. The number of imide groups is 1. The van der Waals surface area contributed by atoms with Crippen LogP contribution in [0.4, 0.5) is 0 Å².